The van der Waals surface area contributed by atoms with Crippen molar-refractivity contribution in [1.82, 2.24) is 0 Å². The molecule has 1 unspecified atom stereocenters. The first kappa shape index (κ1) is 17.2. The Labute approximate surface area is 141 Å². The topological polar surface area (TPSA) is 109 Å². The number of hydrogen-bond donors (Lipinski definition) is 2. The van der Waals surface area contributed by atoms with Gasteiger partial charge in [0, 0.05) is 10.5 Å². The van der Waals surface area contributed by atoms with E-state index in [0.29, 0.717) is 11.0 Å². The summed E-state index contributed by atoms with van der Waals surface area (Å²) in [5.41, 5.74) is 11.9. The van der Waals surface area contributed by atoms with E-state index in [2.05, 4.69) is 15.9 Å². The largest absolute Gasteiger partial charge is 0.463 e. The number of hydrogen-bond acceptors (Lipinski definition) is 6. The van der Waals surface area contributed by atoms with Gasteiger partial charge in [0.15, 0.2) is 0 Å². The van der Waals surface area contributed by atoms with Crippen LogP contribution in [0.5, 0.6) is 0 Å². The van der Waals surface area contributed by atoms with Gasteiger partial charge >= 0.3 is 5.97 Å². The second-order valence-electron chi connectivity index (χ2n) is 4.96. The second-order valence-corrected chi connectivity index (χ2v) is 5.87. The molecule has 7 heteroatoms. The van der Waals surface area contributed by atoms with Crippen molar-refractivity contribution in [3.63, 3.8) is 0 Å². The van der Waals surface area contributed by atoms with E-state index < -0.39 is 12.0 Å². The third-order valence-electron chi connectivity index (χ3n) is 3.22. The maximum absolute atomic E-state index is 12.6. The van der Waals surface area contributed by atoms with Crippen molar-refractivity contribution in [3.8, 4) is 0 Å². The number of fused-ring (bicyclic) bond motifs is 1. The Hall–Kier alpha value is -2.12. The monoisotopic (exact) mass is 380 g/mol. The Morgan fingerprint density at radius 1 is 1.48 bits per heavy atom. The first-order valence-corrected chi connectivity index (χ1v) is 7.80. The summed E-state index contributed by atoms with van der Waals surface area (Å²) in [6.45, 7) is 3.52. The number of anilines is 1. The van der Waals surface area contributed by atoms with E-state index >= 15 is 0 Å². The van der Waals surface area contributed by atoms with E-state index in [1.54, 1.807) is 32.0 Å². The first-order chi connectivity index (χ1) is 10.8. The van der Waals surface area contributed by atoms with Gasteiger partial charge in [-0.15, -0.1) is 0 Å². The summed E-state index contributed by atoms with van der Waals surface area (Å²) < 4.78 is 11.2. The standard InChI is InChI=1S/C16H17BrN2O4/c1-3-22-16(21)10(8(2)18)7-12-14(20)11-6-9(17)4-5-13(11)23-15(12)19/h4-8H,3,18-19H2,1-2H3/b10-7+. The van der Waals surface area contributed by atoms with Crippen molar-refractivity contribution in [2.75, 3.05) is 12.3 Å². The maximum Gasteiger partial charge on any atom is 0.335 e. The summed E-state index contributed by atoms with van der Waals surface area (Å²) in [7, 11) is 0. The molecule has 0 bridgehead atoms. The molecule has 6 nitrogen and oxygen atoms in total. The lowest BCUT2D eigenvalue weighted by Gasteiger charge is -2.11. The molecule has 1 aromatic heterocycles. The summed E-state index contributed by atoms with van der Waals surface area (Å²) in [4.78, 5) is 24.6. The van der Waals surface area contributed by atoms with Crippen LogP contribution in [0.15, 0.2) is 37.5 Å². The number of halogens is 1. The lowest BCUT2D eigenvalue weighted by molar-refractivity contribution is -0.138. The Kier molecular flexibility index (Phi) is 5.23. The Balaban J connectivity index is 2.68. The Morgan fingerprint density at radius 2 is 2.17 bits per heavy atom. The van der Waals surface area contributed by atoms with Crippen molar-refractivity contribution in [2.45, 2.75) is 19.9 Å². The number of carbonyl (C=O) groups excluding carboxylic acids is 1. The summed E-state index contributed by atoms with van der Waals surface area (Å²) in [6.07, 6.45) is 1.34. The highest BCUT2D eigenvalue weighted by molar-refractivity contribution is 9.10. The van der Waals surface area contributed by atoms with Crippen LogP contribution >= 0.6 is 15.9 Å². The van der Waals surface area contributed by atoms with Gasteiger partial charge in [0.2, 0.25) is 11.3 Å². The summed E-state index contributed by atoms with van der Waals surface area (Å²) in [5, 5.41) is 0.354. The third-order valence-corrected chi connectivity index (χ3v) is 3.71. The fourth-order valence-corrected chi connectivity index (χ4v) is 2.44. The van der Waals surface area contributed by atoms with E-state index in [0.717, 1.165) is 4.47 Å². The molecule has 1 heterocycles. The third kappa shape index (κ3) is 3.62. The van der Waals surface area contributed by atoms with Crippen LogP contribution < -0.4 is 16.9 Å². The Bertz CT molecular complexity index is 840. The number of nitrogens with two attached hydrogens (primary N) is 2. The van der Waals surface area contributed by atoms with Crippen LogP contribution in [0.3, 0.4) is 0 Å². The predicted molar refractivity (Wildman–Crippen MR) is 92.9 cm³/mol. The zero-order chi connectivity index (χ0) is 17.1. The van der Waals surface area contributed by atoms with Gasteiger partial charge in [0.1, 0.15) is 5.58 Å². The van der Waals surface area contributed by atoms with Crippen LogP contribution in [0.4, 0.5) is 5.88 Å². The lowest BCUT2D eigenvalue weighted by Crippen LogP contribution is -2.26. The minimum absolute atomic E-state index is 0.0766. The number of carbonyl (C=O) groups is 1. The van der Waals surface area contributed by atoms with E-state index in [1.165, 1.54) is 6.08 Å². The molecule has 0 aliphatic heterocycles. The molecular weight excluding hydrogens is 364 g/mol. The fourth-order valence-electron chi connectivity index (χ4n) is 2.08. The molecule has 4 N–H and O–H groups in total. The summed E-state index contributed by atoms with van der Waals surface area (Å²) in [5.74, 6) is -0.664. The molecule has 2 aromatic rings. The highest BCUT2D eigenvalue weighted by atomic mass is 79.9. The number of nitrogen functional groups attached to an aromatic ring is 1. The SMILES string of the molecule is CCOC(=O)/C(=C/c1c(N)oc2ccc(Br)cc2c1=O)C(C)N. The van der Waals surface area contributed by atoms with E-state index in [9.17, 15) is 9.59 Å². The van der Waals surface area contributed by atoms with E-state index in [4.69, 9.17) is 20.6 Å². The van der Waals surface area contributed by atoms with Gasteiger partial charge in [-0.2, -0.15) is 0 Å². The van der Waals surface area contributed by atoms with Crippen molar-refractivity contribution in [2.24, 2.45) is 5.73 Å². The Morgan fingerprint density at radius 3 is 2.78 bits per heavy atom. The molecule has 0 amide bonds. The molecular formula is C16H17BrN2O4. The molecule has 0 fully saturated rings. The molecule has 122 valence electrons. The minimum atomic E-state index is -0.619. The molecule has 1 atom stereocenters. The maximum atomic E-state index is 12.6. The highest BCUT2D eigenvalue weighted by Crippen LogP contribution is 2.23. The highest BCUT2D eigenvalue weighted by Gasteiger charge is 2.18. The van der Waals surface area contributed by atoms with Gasteiger partial charge in [0.25, 0.3) is 0 Å². The minimum Gasteiger partial charge on any atom is -0.463 e. The number of esters is 1. The zero-order valence-corrected chi connectivity index (χ0v) is 14.3. The lowest BCUT2D eigenvalue weighted by atomic mass is 10.0. The summed E-state index contributed by atoms with van der Waals surface area (Å²) >= 11 is 3.31. The van der Waals surface area contributed by atoms with Gasteiger partial charge in [0.05, 0.1) is 23.1 Å². The van der Waals surface area contributed by atoms with Crippen LogP contribution in [-0.4, -0.2) is 18.6 Å². The van der Waals surface area contributed by atoms with Gasteiger partial charge in [-0.05, 0) is 38.1 Å². The average molecular weight is 381 g/mol. The average Bonchev–Trinajstić information content (AvgIpc) is 2.48. The van der Waals surface area contributed by atoms with Crippen LogP contribution in [0.25, 0.3) is 17.0 Å². The van der Waals surface area contributed by atoms with Crippen molar-refractivity contribution < 1.29 is 13.9 Å². The quantitative estimate of drug-likeness (QED) is 0.622. The number of benzene rings is 1. The summed E-state index contributed by atoms with van der Waals surface area (Å²) in [6, 6.07) is 4.40. The van der Waals surface area contributed by atoms with Gasteiger partial charge in [-0.1, -0.05) is 15.9 Å². The second kappa shape index (κ2) is 6.97. The van der Waals surface area contributed by atoms with Gasteiger partial charge in [-0.25, -0.2) is 4.79 Å². The fraction of sp³-hybridized carbons (Fsp3) is 0.250. The van der Waals surface area contributed by atoms with E-state index in [-0.39, 0.29) is 29.1 Å². The van der Waals surface area contributed by atoms with Crippen LogP contribution in [-0.2, 0) is 9.53 Å². The molecule has 0 saturated carbocycles. The van der Waals surface area contributed by atoms with Gasteiger partial charge in [-0.3, -0.25) is 4.79 Å². The van der Waals surface area contributed by atoms with Crippen LogP contribution in [0.2, 0.25) is 0 Å². The number of rotatable bonds is 4. The van der Waals surface area contributed by atoms with Crippen LogP contribution in [0.1, 0.15) is 19.4 Å². The van der Waals surface area contributed by atoms with E-state index in [1.807, 2.05) is 0 Å². The molecule has 0 aliphatic rings. The number of ether oxygens (including phenoxy) is 1. The smallest absolute Gasteiger partial charge is 0.335 e. The zero-order valence-electron chi connectivity index (χ0n) is 12.8. The molecule has 0 saturated heterocycles. The normalized spacial score (nSPS) is 13.1. The predicted octanol–water partition coefficient (Wildman–Crippen LogP) is 2.43. The molecule has 1 aromatic carbocycles. The molecule has 23 heavy (non-hydrogen) atoms. The van der Waals surface area contributed by atoms with Crippen molar-refractivity contribution in [3.05, 3.63) is 44.0 Å². The van der Waals surface area contributed by atoms with Crippen molar-refractivity contribution >= 4 is 44.8 Å². The molecule has 0 radical (unpaired) electrons. The molecule has 2 rings (SSSR count). The van der Waals surface area contributed by atoms with Crippen LogP contribution in [0, 0.1) is 0 Å². The van der Waals surface area contributed by atoms with Gasteiger partial charge < -0.3 is 20.6 Å². The molecule has 0 aliphatic carbocycles. The molecule has 0 spiro atoms. The van der Waals surface area contributed by atoms with Crippen molar-refractivity contribution in [1.29, 1.82) is 0 Å². The first-order valence-electron chi connectivity index (χ1n) is 7.01.